The minimum absolute atomic E-state index is 0.00917. The first kappa shape index (κ1) is 13.8. The van der Waals surface area contributed by atoms with Gasteiger partial charge in [0.2, 0.25) is 0 Å². The van der Waals surface area contributed by atoms with Crippen LogP contribution in [0.3, 0.4) is 0 Å². The van der Waals surface area contributed by atoms with Crippen molar-refractivity contribution in [3.05, 3.63) is 57.2 Å². The topological polar surface area (TPSA) is 111 Å². The number of anilines is 2. The predicted octanol–water partition coefficient (Wildman–Crippen LogP) is 2.48. The van der Waals surface area contributed by atoms with Crippen LogP contribution in [0.4, 0.5) is 17.2 Å². The lowest BCUT2D eigenvalue weighted by Crippen LogP contribution is -2.14. The molecule has 0 fully saturated rings. The number of carbonyl (C=O) groups is 1. The fourth-order valence-corrected chi connectivity index (χ4v) is 1.70. The van der Waals surface area contributed by atoms with Gasteiger partial charge in [-0.3, -0.25) is 14.9 Å². The Hall–Kier alpha value is -2.67. The highest BCUT2D eigenvalue weighted by Gasteiger charge is 2.16. The second kappa shape index (κ2) is 5.54. The van der Waals surface area contributed by atoms with Gasteiger partial charge in [0, 0.05) is 30.1 Å². The molecule has 0 aliphatic heterocycles. The fourth-order valence-electron chi connectivity index (χ4n) is 1.50. The van der Waals surface area contributed by atoms with E-state index in [2.05, 4.69) is 10.3 Å². The third-order valence-corrected chi connectivity index (χ3v) is 2.76. The van der Waals surface area contributed by atoms with Crippen molar-refractivity contribution < 1.29 is 9.72 Å². The number of nitrogens with one attached hydrogen (secondary N) is 1. The van der Waals surface area contributed by atoms with Gasteiger partial charge in [-0.2, -0.15) is 0 Å². The van der Waals surface area contributed by atoms with Crippen LogP contribution in [0.1, 0.15) is 10.4 Å². The zero-order valence-corrected chi connectivity index (χ0v) is 10.8. The van der Waals surface area contributed by atoms with E-state index >= 15 is 0 Å². The number of hydrogen-bond acceptors (Lipinski definition) is 5. The summed E-state index contributed by atoms with van der Waals surface area (Å²) in [7, 11) is 0. The summed E-state index contributed by atoms with van der Waals surface area (Å²) in [5, 5.41) is 13.3. The van der Waals surface area contributed by atoms with Gasteiger partial charge in [-0.25, -0.2) is 4.98 Å². The number of nitrogen functional groups attached to an aromatic ring is 1. The second-order valence-corrected chi connectivity index (χ2v) is 4.26. The smallest absolute Gasteiger partial charge is 0.270 e. The van der Waals surface area contributed by atoms with Gasteiger partial charge in [0.05, 0.1) is 15.5 Å². The van der Waals surface area contributed by atoms with Gasteiger partial charge in [-0.1, -0.05) is 11.6 Å². The van der Waals surface area contributed by atoms with E-state index in [-0.39, 0.29) is 22.1 Å². The van der Waals surface area contributed by atoms with E-state index in [1.807, 2.05) is 0 Å². The standard InChI is InChI=1S/C12H9ClN4O3/c13-10-2-1-8(17(19)20)6-9(10)12(18)16-11-5-7(14)3-4-15-11/h1-6H,(H3,14,15,16,18). The number of aromatic nitrogens is 1. The highest BCUT2D eigenvalue weighted by atomic mass is 35.5. The predicted molar refractivity (Wildman–Crippen MR) is 74.7 cm³/mol. The molecule has 0 saturated heterocycles. The molecule has 0 unspecified atom stereocenters. The summed E-state index contributed by atoms with van der Waals surface area (Å²) >= 11 is 5.86. The largest absolute Gasteiger partial charge is 0.399 e. The molecule has 20 heavy (non-hydrogen) atoms. The van der Waals surface area contributed by atoms with E-state index in [1.54, 1.807) is 6.07 Å². The number of rotatable bonds is 3. The molecule has 102 valence electrons. The zero-order valence-electron chi connectivity index (χ0n) is 10.0. The lowest BCUT2D eigenvalue weighted by Gasteiger charge is -2.06. The molecule has 0 atom stereocenters. The average Bonchev–Trinajstić information content (AvgIpc) is 2.38. The van der Waals surface area contributed by atoms with Crippen molar-refractivity contribution in [1.29, 1.82) is 0 Å². The maximum absolute atomic E-state index is 12.0. The number of nitro groups is 1. The number of amides is 1. The number of hydrogen-bond donors (Lipinski definition) is 2. The van der Waals surface area contributed by atoms with Gasteiger partial charge in [0.15, 0.2) is 0 Å². The van der Waals surface area contributed by atoms with Crippen LogP contribution in [-0.4, -0.2) is 15.8 Å². The van der Waals surface area contributed by atoms with Crippen LogP contribution in [0.5, 0.6) is 0 Å². The molecule has 1 heterocycles. The van der Waals surface area contributed by atoms with E-state index < -0.39 is 10.8 Å². The van der Waals surface area contributed by atoms with E-state index in [1.165, 1.54) is 24.4 Å². The Kier molecular flexibility index (Phi) is 3.81. The van der Waals surface area contributed by atoms with Crippen LogP contribution in [0.25, 0.3) is 0 Å². The number of carbonyl (C=O) groups excluding carboxylic acids is 1. The first-order valence-electron chi connectivity index (χ1n) is 5.44. The zero-order chi connectivity index (χ0) is 14.7. The number of halogens is 1. The number of nitro benzene ring substituents is 1. The Labute approximate surface area is 118 Å². The van der Waals surface area contributed by atoms with Gasteiger partial charge in [-0.05, 0) is 12.1 Å². The van der Waals surface area contributed by atoms with Crippen LogP contribution in [-0.2, 0) is 0 Å². The van der Waals surface area contributed by atoms with Crippen molar-refractivity contribution in [3.63, 3.8) is 0 Å². The van der Waals surface area contributed by atoms with Gasteiger partial charge in [0.25, 0.3) is 11.6 Å². The molecule has 7 nitrogen and oxygen atoms in total. The Morgan fingerprint density at radius 2 is 2.10 bits per heavy atom. The highest BCUT2D eigenvalue weighted by molar-refractivity contribution is 6.34. The van der Waals surface area contributed by atoms with Crippen molar-refractivity contribution >= 4 is 34.7 Å². The number of pyridine rings is 1. The van der Waals surface area contributed by atoms with Gasteiger partial charge in [-0.15, -0.1) is 0 Å². The molecule has 0 aliphatic carbocycles. The number of non-ortho nitro benzene ring substituents is 1. The summed E-state index contributed by atoms with van der Waals surface area (Å²) in [4.78, 5) is 26.0. The molecule has 0 radical (unpaired) electrons. The summed E-state index contributed by atoms with van der Waals surface area (Å²) < 4.78 is 0. The first-order chi connectivity index (χ1) is 9.47. The van der Waals surface area contributed by atoms with E-state index in [9.17, 15) is 14.9 Å². The normalized spacial score (nSPS) is 10.1. The Bertz CT molecular complexity index is 690. The summed E-state index contributed by atoms with van der Waals surface area (Å²) in [6.07, 6.45) is 1.43. The molecule has 1 amide bonds. The Morgan fingerprint density at radius 3 is 2.75 bits per heavy atom. The van der Waals surface area contributed by atoms with Gasteiger partial charge >= 0.3 is 0 Å². The second-order valence-electron chi connectivity index (χ2n) is 3.85. The van der Waals surface area contributed by atoms with Crippen LogP contribution in [0.15, 0.2) is 36.5 Å². The Balaban J connectivity index is 2.29. The van der Waals surface area contributed by atoms with E-state index in [0.29, 0.717) is 5.69 Å². The summed E-state index contributed by atoms with van der Waals surface area (Å²) in [6, 6.07) is 6.64. The van der Waals surface area contributed by atoms with Crippen LogP contribution in [0.2, 0.25) is 5.02 Å². The van der Waals surface area contributed by atoms with Crippen molar-refractivity contribution in [2.75, 3.05) is 11.1 Å². The maximum atomic E-state index is 12.0. The third-order valence-electron chi connectivity index (χ3n) is 2.43. The van der Waals surface area contributed by atoms with E-state index in [0.717, 1.165) is 6.07 Å². The fraction of sp³-hybridized carbons (Fsp3) is 0. The van der Waals surface area contributed by atoms with Gasteiger partial charge in [0.1, 0.15) is 5.82 Å². The van der Waals surface area contributed by atoms with Crippen molar-refractivity contribution in [2.24, 2.45) is 0 Å². The van der Waals surface area contributed by atoms with Crippen LogP contribution < -0.4 is 11.1 Å². The number of nitrogens with zero attached hydrogens (tertiary/aromatic N) is 2. The molecular weight excluding hydrogens is 284 g/mol. The number of benzene rings is 1. The monoisotopic (exact) mass is 292 g/mol. The van der Waals surface area contributed by atoms with Gasteiger partial charge < -0.3 is 11.1 Å². The molecule has 0 spiro atoms. The minimum atomic E-state index is -0.605. The van der Waals surface area contributed by atoms with Crippen molar-refractivity contribution in [2.45, 2.75) is 0 Å². The summed E-state index contributed by atoms with van der Waals surface area (Å²) in [5.74, 6) is -0.366. The maximum Gasteiger partial charge on any atom is 0.270 e. The van der Waals surface area contributed by atoms with Crippen LogP contribution >= 0.6 is 11.6 Å². The molecule has 2 rings (SSSR count). The highest BCUT2D eigenvalue weighted by Crippen LogP contribution is 2.23. The molecule has 0 bridgehead atoms. The van der Waals surface area contributed by atoms with E-state index in [4.69, 9.17) is 17.3 Å². The lowest BCUT2D eigenvalue weighted by molar-refractivity contribution is -0.384. The van der Waals surface area contributed by atoms with Crippen molar-refractivity contribution in [3.8, 4) is 0 Å². The molecule has 0 aliphatic rings. The average molecular weight is 293 g/mol. The van der Waals surface area contributed by atoms with Crippen LogP contribution in [0, 0.1) is 10.1 Å². The SMILES string of the molecule is Nc1ccnc(NC(=O)c2cc([N+](=O)[O-])ccc2Cl)c1. The quantitative estimate of drug-likeness (QED) is 0.667. The molecule has 8 heteroatoms. The molecule has 1 aromatic heterocycles. The molecule has 2 aromatic rings. The van der Waals surface area contributed by atoms with Crippen molar-refractivity contribution in [1.82, 2.24) is 4.98 Å². The summed E-state index contributed by atoms with van der Waals surface area (Å²) in [5.41, 5.74) is 5.76. The first-order valence-corrected chi connectivity index (χ1v) is 5.82. The molecule has 3 N–H and O–H groups in total. The third kappa shape index (κ3) is 3.01. The molecule has 0 saturated carbocycles. The lowest BCUT2D eigenvalue weighted by atomic mass is 10.2. The summed E-state index contributed by atoms with van der Waals surface area (Å²) in [6.45, 7) is 0. The molecular formula is C12H9ClN4O3. The number of nitrogens with two attached hydrogens (primary N) is 1. The Morgan fingerprint density at radius 1 is 1.35 bits per heavy atom. The minimum Gasteiger partial charge on any atom is -0.399 e. The molecule has 1 aromatic carbocycles.